The van der Waals surface area contributed by atoms with Crippen LogP contribution in [0.25, 0.3) is 0 Å². The van der Waals surface area contributed by atoms with Crippen molar-refractivity contribution in [2.45, 2.75) is 19.9 Å². The maximum Gasteiger partial charge on any atom is 0.193 e. The van der Waals surface area contributed by atoms with Crippen LogP contribution in [0.1, 0.15) is 12.6 Å². The Kier molecular flexibility index (Phi) is 3.86. The number of hydrogen-bond donors (Lipinski definition) is 0. The summed E-state index contributed by atoms with van der Waals surface area (Å²) in [7, 11) is 0. The molecule has 1 aromatic heterocycles. The van der Waals surface area contributed by atoms with E-state index in [1.807, 2.05) is 6.92 Å². The molecule has 0 amide bonds. The Morgan fingerprint density at radius 1 is 1.50 bits per heavy atom. The second-order valence-corrected chi connectivity index (χ2v) is 5.18. The van der Waals surface area contributed by atoms with Gasteiger partial charge < -0.3 is 9.64 Å². The van der Waals surface area contributed by atoms with E-state index in [-0.39, 0.29) is 0 Å². The van der Waals surface area contributed by atoms with Gasteiger partial charge in [-0.2, -0.15) is 0 Å². The average Bonchev–Trinajstić information content (AvgIpc) is 2.24. The fourth-order valence-corrected chi connectivity index (χ4v) is 2.53. The molecule has 16 heavy (non-hydrogen) atoms. The normalized spacial score (nSPS) is 21.2. The van der Waals surface area contributed by atoms with E-state index in [2.05, 4.69) is 44.4 Å². The van der Waals surface area contributed by atoms with Crippen molar-refractivity contribution in [2.24, 2.45) is 0 Å². The molecule has 1 aromatic rings. The predicted octanol–water partition coefficient (Wildman–Crippen LogP) is 2.27. The average molecular weight is 354 g/mol. The largest absolute Gasteiger partial charge is 0.377 e. The van der Waals surface area contributed by atoms with Crippen LogP contribution in [0.15, 0.2) is 0 Å². The summed E-state index contributed by atoms with van der Waals surface area (Å²) in [5.74, 6) is 0.828. The zero-order chi connectivity index (χ0) is 11.7. The molecule has 88 valence electrons. The standard InChI is InChI=1S/C10H13ClIN3O/c1-6-5-16-4-3-15(6)9-8(11)7(2)13-10(12)14-9/h6H,3-5H2,1-2H3/t6-/m1/s1. The molecule has 0 aromatic carbocycles. The van der Waals surface area contributed by atoms with Crippen LogP contribution < -0.4 is 4.90 Å². The Morgan fingerprint density at radius 3 is 2.94 bits per heavy atom. The molecular formula is C10H13ClIN3O. The summed E-state index contributed by atoms with van der Waals surface area (Å²) in [6, 6.07) is 0.302. The SMILES string of the molecule is Cc1nc(I)nc(N2CCOC[C@H]2C)c1Cl. The van der Waals surface area contributed by atoms with Gasteiger partial charge in [-0.05, 0) is 13.8 Å². The second-order valence-electron chi connectivity index (χ2n) is 3.83. The number of hydrogen-bond acceptors (Lipinski definition) is 4. The van der Waals surface area contributed by atoms with Crippen molar-refractivity contribution in [3.63, 3.8) is 0 Å². The Morgan fingerprint density at radius 2 is 2.25 bits per heavy atom. The van der Waals surface area contributed by atoms with Gasteiger partial charge in [0.15, 0.2) is 9.65 Å². The second kappa shape index (κ2) is 5.01. The first-order chi connectivity index (χ1) is 7.59. The van der Waals surface area contributed by atoms with E-state index < -0.39 is 0 Å². The third-order valence-corrected chi connectivity index (χ3v) is 3.54. The molecule has 0 radical (unpaired) electrons. The van der Waals surface area contributed by atoms with Crippen molar-refractivity contribution in [1.29, 1.82) is 0 Å². The number of anilines is 1. The van der Waals surface area contributed by atoms with E-state index in [9.17, 15) is 0 Å². The van der Waals surface area contributed by atoms with Crippen molar-refractivity contribution in [2.75, 3.05) is 24.7 Å². The Balaban J connectivity index is 2.38. The number of halogens is 2. The highest BCUT2D eigenvalue weighted by molar-refractivity contribution is 14.1. The van der Waals surface area contributed by atoms with Crippen molar-refractivity contribution in [1.82, 2.24) is 9.97 Å². The molecule has 0 saturated carbocycles. The van der Waals surface area contributed by atoms with Crippen molar-refractivity contribution < 1.29 is 4.74 Å². The zero-order valence-corrected chi connectivity index (χ0v) is 12.1. The fraction of sp³-hybridized carbons (Fsp3) is 0.600. The highest BCUT2D eigenvalue weighted by atomic mass is 127. The molecule has 0 spiro atoms. The number of nitrogens with zero attached hydrogens (tertiary/aromatic N) is 3. The molecule has 4 nitrogen and oxygen atoms in total. The first-order valence-electron chi connectivity index (χ1n) is 5.13. The topological polar surface area (TPSA) is 38.2 Å². The number of aryl methyl sites for hydroxylation is 1. The van der Waals surface area contributed by atoms with Gasteiger partial charge in [-0.1, -0.05) is 11.6 Å². The molecule has 0 unspecified atom stereocenters. The van der Waals surface area contributed by atoms with Gasteiger partial charge in [0.2, 0.25) is 0 Å². The highest BCUT2D eigenvalue weighted by Crippen LogP contribution is 2.28. The quantitative estimate of drug-likeness (QED) is 0.573. The summed E-state index contributed by atoms with van der Waals surface area (Å²) in [6.45, 7) is 6.28. The summed E-state index contributed by atoms with van der Waals surface area (Å²) in [4.78, 5) is 10.8. The monoisotopic (exact) mass is 353 g/mol. The summed E-state index contributed by atoms with van der Waals surface area (Å²) in [5, 5.41) is 0.647. The minimum Gasteiger partial charge on any atom is -0.377 e. The maximum atomic E-state index is 6.25. The van der Waals surface area contributed by atoms with Gasteiger partial charge in [0.25, 0.3) is 0 Å². The van der Waals surface area contributed by atoms with Gasteiger partial charge in [0.05, 0.1) is 24.9 Å². The van der Waals surface area contributed by atoms with Crippen molar-refractivity contribution in [3.8, 4) is 0 Å². The molecule has 2 rings (SSSR count). The zero-order valence-electron chi connectivity index (χ0n) is 9.20. The molecule has 1 aliphatic rings. The van der Waals surface area contributed by atoms with Crippen molar-refractivity contribution in [3.05, 3.63) is 14.5 Å². The molecule has 1 fully saturated rings. The summed E-state index contributed by atoms with van der Waals surface area (Å²) in [5.41, 5.74) is 0.828. The first-order valence-corrected chi connectivity index (χ1v) is 6.59. The minimum absolute atomic E-state index is 0.302. The van der Waals surface area contributed by atoms with Crippen LogP contribution in [0, 0.1) is 10.8 Å². The predicted molar refractivity (Wildman–Crippen MR) is 72.1 cm³/mol. The van der Waals surface area contributed by atoms with Crippen LogP contribution in [-0.2, 0) is 4.74 Å². The minimum atomic E-state index is 0.302. The van der Waals surface area contributed by atoms with Gasteiger partial charge in [0.1, 0.15) is 5.02 Å². The fourth-order valence-electron chi connectivity index (χ4n) is 1.74. The molecular weight excluding hydrogens is 340 g/mol. The van der Waals surface area contributed by atoms with E-state index in [0.717, 1.165) is 35.1 Å². The molecule has 0 N–H and O–H groups in total. The smallest absolute Gasteiger partial charge is 0.193 e. The highest BCUT2D eigenvalue weighted by Gasteiger charge is 2.23. The van der Waals surface area contributed by atoms with Gasteiger partial charge in [-0.25, -0.2) is 9.97 Å². The molecule has 1 atom stereocenters. The first kappa shape index (κ1) is 12.3. The summed E-state index contributed by atoms with van der Waals surface area (Å²) in [6.07, 6.45) is 0. The van der Waals surface area contributed by atoms with E-state index in [1.54, 1.807) is 0 Å². The van der Waals surface area contributed by atoms with Crippen LogP contribution in [0.5, 0.6) is 0 Å². The summed E-state index contributed by atoms with van der Waals surface area (Å²) >= 11 is 8.37. The number of rotatable bonds is 1. The number of ether oxygens (including phenoxy) is 1. The van der Waals surface area contributed by atoms with Crippen LogP contribution >= 0.6 is 34.2 Å². The van der Waals surface area contributed by atoms with Gasteiger partial charge in [0, 0.05) is 29.1 Å². The van der Waals surface area contributed by atoms with Gasteiger partial charge >= 0.3 is 0 Å². The number of aromatic nitrogens is 2. The molecule has 2 heterocycles. The van der Waals surface area contributed by atoms with Crippen LogP contribution in [-0.4, -0.2) is 35.8 Å². The van der Waals surface area contributed by atoms with Crippen LogP contribution in [0.2, 0.25) is 5.02 Å². The lowest BCUT2D eigenvalue weighted by Crippen LogP contribution is -2.44. The van der Waals surface area contributed by atoms with E-state index in [1.165, 1.54) is 0 Å². The molecule has 0 bridgehead atoms. The third-order valence-electron chi connectivity index (χ3n) is 2.61. The van der Waals surface area contributed by atoms with Gasteiger partial charge in [-0.3, -0.25) is 0 Å². The van der Waals surface area contributed by atoms with Crippen LogP contribution in [0.4, 0.5) is 5.82 Å². The van der Waals surface area contributed by atoms with Crippen LogP contribution in [0.3, 0.4) is 0 Å². The third kappa shape index (κ3) is 2.41. The Bertz CT molecular complexity index is 402. The Hall–Kier alpha value is -0.140. The lowest BCUT2D eigenvalue weighted by atomic mass is 10.2. The lowest BCUT2D eigenvalue weighted by molar-refractivity contribution is 0.0985. The summed E-state index contributed by atoms with van der Waals surface area (Å²) < 4.78 is 6.13. The van der Waals surface area contributed by atoms with E-state index >= 15 is 0 Å². The molecule has 1 aliphatic heterocycles. The maximum absolute atomic E-state index is 6.25. The van der Waals surface area contributed by atoms with Gasteiger partial charge in [-0.15, -0.1) is 0 Å². The lowest BCUT2D eigenvalue weighted by Gasteiger charge is -2.34. The van der Waals surface area contributed by atoms with E-state index in [0.29, 0.717) is 11.1 Å². The Labute approximate surface area is 113 Å². The van der Waals surface area contributed by atoms with E-state index in [4.69, 9.17) is 16.3 Å². The molecule has 1 saturated heterocycles. The molecule has 6 heteroatoms. The van der Waals surface area contributed by atoms with Crippen molar-refractivity contribution >= 4 is 40.0 Å². The number of morpholine rings is 1. The molecule has 0 aliphatic carbocycles.